The fourth-order valence-electron chi connectivity index (χ4n) is 1.21. The lowest BCUT2D eigenvalue weighted by molar-refractivity contribution is -0.136. The Labute approximate surface area is 64.9 Å². The number of carbonyl (C=O) groups is 1. The number of ether oxygens (including phenoxy) is 1. The molecule has 2 rings (SSSR count). The third-order valence-electron chi connectivity index (χ3n) is 1.74. The molecule has 11 heavy (non-hydrogen) atoms. The predicted octanol–water partition coefficient (Wildman–Crippen LogP) is 1.70. The predicted molar refractivity (Wildman–Crippen MR) is 40.6 cm³/mol. The Morgan fingerprint density at radius 3 is 3.00 bits per heavy atom. The zero-order valence-corrected chi connectivity index (χ0v) is 6.04. The Balaban J connectivity index is 2.35. The molecule has 0 N–H and O–H groups in total. The molecule has 1 heterocycles. The number of esters is 1. The van der Waals surface area contributed by atoms with Crippen molar-refractivity contribution in [1.82, 2.24) is 0 Å². The number of hydrogen-bond acceptors (Lipinski definition) is 2. The van der Waals surface area contributed by atoms with Gasteiger partial charge in [-0.3, -0.25) is 4.79 Å². The first-order valence-electron chi connectivity index (χ1n) is 3.63. The molecule has 0 aromatic rings. The lowest BCUT2D eigenvalue weighted by atomic mass is 10.2. The fraction of sp³-hybridized carbons (Fsp3) is 0.222. The van der Waals surface area contributed by atoms with Gasteiger partial charge in [-0.15, -0.1) is 0 Å². The van der Waals surface area contributed by atoms with Crippen molar-refractivity contribution in [2.75, 3.05) is 0 Å². The lowest BCUT2D eigenvalue weighted by Gasteiger charge is -1.92. The van der Waals surface area contributed by atoms with E-state index in [0.29, 0.717) is 6.42 Å². The molecule has 0 saturated heterocycles. The standard InChI is InChI=1S/C9H8O2/c10-9-6-7-4-2-1-3-5-8(7)11-9/h2-5H,1,6H2. The maximum absolute atomic E-state index is 10.8. The molecule has 2 aliphatic rings. The summed E-state index contributed by atoms with van der Waals surface area (Å²) >= 11 is 0. The Morgan fingerprint density at radius 1 is 1.27 bits per heavy atom. The van der Waals surface area contributed by atoms with Crippen LogP contribution in [-0.2, 0) is 9.53 Å². The zero-order chi connectivity index (χ0) is 7.68. The van der Waals surface area contributed by atoms with Gasteiger partial charge >= 0.3 is 5.97 Å². The Morgan fingerprint density at radius 2 is 2.09 bits per heavy atom. The van der Waals surface area contributed by atoms with E-state index < -0.39 is 0 Å². The maximum Gasteiger partial charge on any atom is 0.315 e. The van der Waals surface area contributed by atoms with Crippen LogP contribution < -0.4 is 0 Å². The first-order valence-corrected chi connectivity index (χ1v) is 3.63. The molecular formula is C9H8O2. The third-order valence-corrected chi connectivity index (χ3v) is 1.74. The van der Waals surface area contributed by atoms with E-state index in [0.717, 1.165) is 17.8 Å². The summed E-state index contributed by atoms with van der Waals surface area (Å²) in [5, 5.41) is 0. The van der Waals surface area contributed by atoms with Crippen molar-refractivity contribution < 1.29 is 9.53 Å². The van der Waals surface area contributed by atoms with Gasteiger partial charge in [0.05, 0.1) is 6.42 Å². The van der Waals surface area contributed by atoms with Crippen LogP contribution in [0.3, 0.4) is 0 Å². The monoisotopic (exact) mass is 148 g/mol. The van der Waals surface area contributed by atoms with E-state index in [1.165, 1.54) is 0 Å². The van der Waals surface area contributed by atoms with Crippen LogP contribution >= 0.6 is 0 Å². The zero-order valence-electron chi connectivity index (χ0n) is 6.04. The van der Waals surface area contributed by atoms with Crippen LogP contribution in [-0.4, -0.2) is 5.97 Å². The van der Waals surface area contributed by atoms with Crippen LogP contribution in [0.1, 0.15) is 12.8 Å². The molecule has 0 fully saturated rings. The highest BCUT2D eigenvalue weighted by Crippen LogP contribution is 2.24. The summed E-state index contributed by atoms with van der Waals surface area (Å²) < 4.78 is 4.95. The van der Waals surface area contributed by atoms with Gasteiger partial charge in [0, 0.05) is 5.57 Å². The molecule has 0 atom stereocenters. The highest BCUT2D eigenvalue weighted by molar-refractivity contribution is 5.79. The first-order chi connectivity index (χ1) is 5.36. The average molecular weight is 148 g/mol. The second-order valence-corrected chi connectivity index (χ2v) is 2.58. The normalized spacial score (nSPS) is 21.6. The van der Waals surface area contributed by atoms with Crippen molar-refractivity contribution in [1.29, 1.82) is 0 Å². The van der Waals surface area contributed by atoms with Crippen molar-refractivity contribution in [2.24, 2.45) is 0 Å². The van der Waals surface area contributed by atoms with E-state index in [-0.39, 0.29) is 5.97 Å². The highest BCUT2D eigenvalue weighted by atomic mass is 16.5. The van der Waals surface area contributed by atoms with Gasteiger partial charge in [0.1, 0.15) is 5.76 Å². The minimum atomic E-state index is -0.147. The van der Waals surface area contributed by atoms with E-state index in [2.05, 4.69) is 0 Å². The van der Waals surface area contributed by atoms with Crippen molar-refractivity contribution in [3.63, 3.8) is 0 Å². The van der Waals surface area contributed by atoms with Crippen LogP contribution in [0.4, 0.5) is 0 Å². The van der Waals surface area contributed by atoms with Gasteiger partial charge in [0.2, 0.25) is 0 Å². The van der Waals surface area contributed by atoms with Crippen molar-refractivity contribution in [3.05, 3.63) is 35.6 Å². The van der Waals surface area contributed by atoms with Crippen LogP contribution in [0.15, 0.2) is 35.6 Å². The molecule has 0 radical (unpaired) electrons. The maximum atomic E-state index is 10.8. The van der Waals surface area contributed by atoms with Crippen LogP contribution in [0.2, 0.25) is 0 Å². The number of hydrogen-bond donors (Lipinski definition) is 0. The van der Waals surface area contributed by atoms with Crippen molar-refractivity contribution >= 4 is 5.97 Å². The summed E-state index contributed by atoms with van der Waals surface area (Å²) in [4.78, 5) is 10.8. The Kier molecular flexibility index (Phi) is 1.39. The quantitative estimate of drug-likeness (QED) is 0.489. The summed E-state index contributed by atoms with van der Waals surface area (Å²) in [6.45, 7) is 0. The Bertz CT molecular complexity index is 256. The van der Waals surface area contributed by atoms with Crippen molar-refractivity contribution in [2.45, 2.75) is 12.8 Å². The number of rotatable bonds is 0. The molecule has 1 aliphatic heterocycles. The van der Waals surface area contributed by atoms with Gasteiger partial charge < -0.3 is 4.74 Å². The molecule has 0 saturated carbocycles. The molecule has 0 aromatic carbocycles. The molecule has 0 bridgehead atoms. The first kappa shape index (κ1) is 6.40. The van der Waals surface area contributed by atoms with Gasteiger partial charge in [0.15, 0.2) is 0 Å². The summed E-state index contributed by atoms with van der Waals surface area (Å²) in [5.41, 5.74) is 1.00. The minimum absolute atomic E-state index is 0.147. The molecule has 0 aromatic heterocycles. The van der Waals surface area contributed by atoms with Gasteiger partial charge in [0.25, 0.3) is 0 Å². The molecule has 2 nitrogen and oxygen atoms in total. The lowest BCUT2D eigenvalue weighted by Crippen LogP contribution is -1.92. The third kappa shape index (κ3) is 1.11. The van der Waals surface area contributed by atoms with Gasteiger partial charge in [-0.25, -0.2) is 0 Å². The van der Waals surface area contributed by atoms with E-state index >= 15 is 0 Å². The van der Waals surface area contributed by atoms with E-state index in [1.54, 1.807) is 0 Å². The average Bonchev–Trinajstić information content (AvgIpc) is 2.17. The SMILES string of the molecule is O=C1CC2=C(C=CCC=C2)O1. The van der Waals surface area contributed by atoms with Gasteiger partial charge in [-0.05, 0) is 12.5 Å². The van der Waals surface area contributed by atoms with E-state index in [9.17, 15) is 4.79 Å². The van der Waals surface area contributed by atoms with Gasteiger partial charge in [-0.2, -0.15) is 0 Å². The van der Waals surface area contributed by atoms with Gasteiger partial charge in [-0.1, -0.05) is 18.2 Å². The molecule has 1 aliphatic carbocycles. The second-order valence-electron chi connectivity index (χ2n) is 2.58. The van der Waals surface area contributed by atoms with Crippen LogP contribution in [0.25, 0.3) is 0 Å². The highest BCUT2D eigenvalue weighted by Gasteiger charge is 2.20. The number of carbonyl (C=O) groups excluding carboxylic acids is 1. The number of allylic oxidation sites excluding steroid dienone is 4. The summed E-state index contributed by atoms with van der Waals surface area (Å²) in [6.07, 6.45) is 9.18. The molecule has 0 spiro atoms. The Hall–Kier alpha value is -1.31. The smallest absolute Gasteiger partial charge is 0.315 e. The molecule has 56 valence electrons. The summed E-state index contributed by atoms with van der Waals surface area (Å²) in [7, 11) is 0. The van der Waals surface area contributed by atoms with E-state index in [1.807, 2.05) is 24.3 Å². The summed E-state index contributed by atoms with van der Waals surface area (Å²) in [6, 6.07) is 0. The van der Waals surface area contributed by atoms with Crippen molar-refractivity contribution in [3.8, 4) is 0 Å². The second kappa shape index (κ2) is 2.38. The van der Waals surface area contributed by atoms with Crippen LogP contribution in [0.5, 0.6) is 0 Å². The van der Waals surface area contributed by atoms with Crippen LogP contribution in [0, 0.1) is 0 Å². The largest absolute Gasteiger partial charge is 0.426 e. The topological polar surface area (TPSA) is 26.3 Å². The summed E-state index contributed by atoms with van der Waals surface area (Å²) in [5.74, 6) is 0.579. The fourth-order valence-corrected chi connectivity index (χ4v) is 1.21. The van der Waals surface area contributed by atoms with E-state index in [4.69, 9.17) is 4.74 Å². The molecular weight excluding hydrogens is 140 g/mol. The minimum Gasteiger partial charge on any atom is -0.426 e. The molecule has 0 amide bonds. The molecule has 0 unspecified atom stereocenters. The molecule has 2 heteroatoms.